The van der Waals surface area contributed by atoms with Gasteiger partial charge in [-0.05, 0) is 12.1 Å². The molecule has 0 radical (unpaired) electrons. The van der Waals surface area contributed by atoms with Crippen molar-refractivity contribution in [1.29, 1.82) is 0 Å². The topological polar surface area (TPSA) is 21.6 Å². The first-order valence-corrected chi connectivity index (χ1v) is 5.14. The van der Waals surface area contributed by atoms with Gasteiger partial charge in [-0.1, -0.05) is 34.8 Å². The molecule has 0 saturated carbocycles. The van der Waals surface area contributed by atoms with E-state index in [2.05, 4.69) is 4.99 Å². The van der Waals surface area contributed by atoms with Crippen LogP contribution in [0.3, 0.4) is 0 Å². The molecule has 1 aliphatic rings. The molecule has 0 amide bonds. The van der Waals surface area contributed by atoms with Crippen LogP contribution in [0.4, 0.5) is 0 Å². The zero-order valence-corrected chi connectivity index (χ0v) is 9.33. The van der Waals surface area contributed by atoms with Crippen LogP contribution in [0, 0.1) is 0 Å². The van der Waals surface area contributed by atoms with Crippen molar-refractivity contribution in [3.05, 3.63) is 32.8 Å². The van der Waals surface area contributed by atoms with Gasteiger partial charge in [-0.25, -0.2) is 4.99 Å². The highest BCUT2D eigenvalue weighted by Crippen LogP contribution is 2.31. The van der Waals surface area contributed by atoms with Gasteiger partial charge in [-0.2, -0.15) is 0 Å². The summed E-state index contributed by atoms with van der Waals surface area (Å²) in [7, 11) is 0. The Kier molecular flexibility index (Phi) is 2.86. The number of ether oxygens (including phenoxy) is 1. The largest absolute Gasteiger partial charge is 0.476 e. The van der Waals surface area contributed by atoms with Gasteiger partial charge in [0.1, 0.15) is 6.61 Å². The Bertz CT molecular complexity index is 380. The highest BCUT2D eigenvalue weighted by Gasteiger charge is 2.14. The summed E-state index contributed by atoms with van der Waals surface area (Å²) in [6.45, 7) is 1.28. The van der Waals surface area contributed by atoms with Crippen LogP contribution in [0.25, 0.3) is 0 Å². The fourth-order valence-corrected chi connectivity index (χ4v) is 1.78. The fourth-order valence-electron chi connectivity index (χ4n) is 1.19. The first kappa shape index (κ1) is 10.1. The average Bonchev–Trinajstić information content (AvgIpc) is 2.66. The maximum atomic E-state index is 5.87. The normalized spacial score (nSPS) is 15.2. The van der Waals surface area contributed by atoms with Crippen molar-refractivity contribution in [2.45, 2.75) is 0 Å². The van der Waals surface area contributed by atoms with Crippen molar-refractivity contribution in [3.8, 4) is 0 Å². The molecule has 0 saturated heterocycles. The van der Waals surface area contributed by atoms with Crippen molar-refractivity contribution in [2.75, 3.05) is 13.2 Å². The molecule has 2 nitrogen and oxygen atoms in total. The molecule has 1 aromatic rings. The summed E-state index contributed by atoms with van der Waals surface area (Å²) in [5.74, 6) is 0.575. The van der Waals surface area contributed by atoms with E-state index in [4.69, 9.17) is 39.5 Å². The molecule has 0 unspecified atom stereocenters. The minimum atomic E-state index is 0.357. The zero-order valence-electron chi connectivity index (χ0n) is 7.06. The second-order valence-corrected chi connectivity index (χ2v) is 3.98. The summed E-state index contributed by atoms with van der Waals surface area (Å²) in [6.07, 6.45) is 0. The summed E-state index contributed by atoms with van der Waals surface area (Å²) in [5, 5.41) is 1.18. The second-order valence-electron chi connectivity index (χ2n) is 2.79. The number of aliphatic imine (C=N–C) groups is 1. The lowest BCUT2D eigenvalue weighted by Gasteiger charge is -2.04. The van der Waals surface area contributed by atoms with Crippen LogP contribution in [0.15, 0.2) is 17.1 Å². The van der Waals surface area contributed by atoms with Crippen LogP contribution in [0.5, 0.6) is 0 Å². The highest BCUT2D eigenvalue weighted by atomic mass is 35.5. The Morgan fingerprint density at radius 3 is 2.29 bits per heavy atom. The maximum Gasteiger partial charge on any atom is 0.216 e. The molecule has 0 aromatic heterocycles. The summed E-state index contributed by atoms with van der Waals surface area (Å²) >= 11 is 17.6. The van der Waals surface area contributed by atoms with E-state index < -0.39 is 0 Å². The Morgan fingerprint density at radius 1 is 1.14 bits per heavy atom. The molecule has 1 aromatic carbocycles. The van der Waals surface area contributed by atoms with E-state index in [0.29, 0.717) is 34.1 Å². The number of nitrogens with zero attached hydrogens (tertiary/aromatic N) is 1. The van der Waals surface area contributed by atoms with Crippen LogP contribution in [0.2, 0.25) is 15.1 Å². The number of rotatable bonds is 1. The van der Waals surface area contributed by atoms with Gasteiger partial charge in [0.15, 0.2) is 0 Å². The minimum Gasteiger partial charge on any atom is -0.476 e. The number of halogens is 3. The van der Waals surface area contributed by atoms with E-state index in [1.807, 2.05) is 0 Å². The lowest BCUT2D eigenvalue weighted by Crippen LogP contribution is -2.00. The summed E-state index contributed by atoms with van der Waals surface area (Å²) in [6, 6.07) is 3.39. The maximum absolute atomic E-state index is 5.87. The van der Waals surface area contributed by atoms with Gasteiger partial charge in [-0.3, -0.25) is 0 Å². The summed E-state index contributed by atoms with van der Waals surface area (Å²) in [5.41, 5.74) is 0.766. The SMILES string of the molecule is Clc1cc(C2=NCCO2)cc(Cl)c1Cl. The third kappa shape index (κ3) is 1.83. The molecule has 0 spiro atoms. The Labute approximate surface area is 96.4 Å². The van der Waals surface area contributed by atoms with Gasteiger partial charge in [0.05, 0.1) is 21.6 Å². The van der Waals surface area contributed by atoms with E-state index in [9.17, 15) is 0 Å². The van der Waals surface area contributed by atoms with Crippen LogP contribution in [-0.4, -0.2) is 19.0 Å². The van der Waals surface area contributed by atoms with E-state index in [0.717, 1.165) is 5.56 Å². The average molecular weight is 251 g/mol. The van der Waals surface area contributed by atoms with Gasteiger partial charge in [-0.15, -0.1) is 0 Å². The molecule has 0 bridgehead atoms. The summed E-state index contributed by atoms with van der Waals surface area (Å²) < 4.78 is 5.28. The molecular formula is C9H6Cl3NO. The third-order valence-corrected chi connectivity index (χ3v) is 3.01. The van der Waals surface area contributed by atoms with Gasteiger partial charge in [0.2, 0.25) is 5.90 Å². The standard InChI is InChI=1S/C9H6Cl3NO/c10-6-3-5(4-7(11)8(6)12)9-13-1-2-14-9/h3-4H,1-2H2. The lowest BCUT2D eigenvalue weighted by atomic mass is 10.2. The molecule has 14 heavy (non-hydrogen) atoms. The molecule has 1 heterocycles. The summed E-state index contributed by atoms with van der Waals surface area (Å²) in [4.78, 5) is 4.15. The van der Waals surface area contributed by atoms with Gasteiger partial charge in [0.25, 0.3) is 0 Å². The van der Waals surface area contributed by atoms with E-state index >= 15 is 0 Å². The molecule has 0 fully saturated rings. The van der Waals surface area contributed by atoms with Crippen LogP contribution >= 0.6 is 34.8 Å². The van der Waals surface area contributed by atoms with Crippen LogP contribution < -0.4 is 0 Å². The number of benzene rings is 1. The third-order valence-electron chi connectivity index (χ3n) is 1.82. The zero-order chi connectivity index (χ0) is 10.1. The number of hydrogen-bond acceptors (Lipinski definition) is 2. The Morgan fingerprint density at radius 2 is 1.79 bits per heavy atom. The Hall–Kier alpha value is -0.440. The van der Waals surface area contributed by atoms with Gasteiger partial charge in [0, 0.05) is 5.56 Å². The van der Waals surface area contributed by atoms with Crippen molar-refractivity contribution < 1.29 is 4.74 Å². The molecule has 0 N–H and O–H groups in total. The molecule has 2 rings (SSSR count). The van der Waals surface area contributed by atoms with Crippen molar-refractivity contribution in [2.24, 2.45) is 4.99 Å². The fraction of sp³-hybridized carbons (Fsp3) is 0.222. The predicted octanol–water partition coefficient (Wildman–Crippen LogP) is 3.42. The monoisotopic (exact) mass is 249 g/mol. The van der Waals surface area contributed by atoms with Crippen molar-refractivity contribution >= 4 is 40.7 Å². The quantitative estimate of drug-likeness (QED) is 0.700. The molecule has 5 heteroatoms. The van der Waals surface area contributed by atoms with Crippen molar-refractivity contribution in [1.82, 2.24) is 0 Å². The lowest BCUT2D eigenvalue weighted by molar-refractivity contribution is 0.348. The molecule has 0 aliphatic carbocycles. The first-order valence-electron chi connectivity index (χ1n) is 4.00. The molecule has 74 valence electrons. The second kappa shape index (κ2) is 3.97. The first-order chi connectivity index (χ1) is 6.68. The highest BCUT2D eigenvalue weighted by molar-refractivity contribution is 6.48. The molecule has 0 atom stereocenters. The van der Waals surface area contributed by atoms with Gasteiger partial charge < -0.3 is 4.74 Å². The minimum absolute atomic E-state index is 0.357. The predicted molar refractivity (Wildman–Crippen MR) is 58.8 cm³/mol. The smallest absolute Gasteiger partial charge is 0.216 e. The number of hydrogen-bond donors (Lipinski definition) is 0. The van der Waals surface area contributed by atoms with Crippen LogP contribution in [-0.2, 0) is 4.74 Å². The van der Waals surface area contributed by atoms with E-state index in [1.165, 1.54) is 0 Å². The van der Waals surface area contributed by atoms with E-state index in [-0.39, 0.29) is 0 Å². The molecular weight excluding hydrogens is 244 g/mol. The molecule has 1 aliphatic heterocycles. The van der Waals surface area contributed by atoms with Crippen molar-refractivity contribution in [3.63, 3.8) is 0 Å². The van der Waals surface area contributed by atoms with E-state index in [1.54, 1.807) is 12.1 Å². The Balaban J connectivity index is 2.45. The van der Waals surface area contributed by atoms with Gasteiger partial charge >= 0.3 is 0 Å². The van der Waals surface area contributed by atoms with Crippen LogP contribution in [0.1, 0.15) is 5.56 Å².